The van der Waals surface area contributed by atoms with Crippen LogP contribution < -0.4 is 16.2 Å². The monoisotopic (exact) mass is 382 g/mol. The van der Waals surface area contributed by atoms with Crippen LogP contribution in [0, 0.1) is 11.3 Å². The van der Waals surface area contributed by atoms with Gasteiger partial charge < -0.3 is 15.6 Å². The molecule has 0 bridgehead atoms. The normalized spacial score (nSPS) is 11.6. The van der Waals surface area contributed by atoms with Gasteiger partial charge in [-0.15, -0.1) is 0 Å². The highest BCUT2D eigenvalue weighted by Crippen LogP contribution is 2.35. The largest absolute Gasteiger partial charge is 0.323 e. The number of hydrogen-bond acceptors (Lipinski definition) is 4. The highest BCUT2D eigenvalue weighted by molar-refractivity contribution is 6.00. The second-order valence-corrected chi connectivity index (χ2v) is 6.72. The summed E-state index contributed by atoms with van der Waals surface area (Å²) in [5.41, 5.74) is 5.45. The third kappa shape index (κ3) is 2.82. The van der Waals surface area contributed by atoms with Crippen LogP contribution in [0.5, 0.6) is 0 Å². The first-order valence-electron chi connectivity index (χ1n) is 8.92. The van der Waals surface area contributed by atoms with E-state index in [0.29, 0.717) is 29.0 Å². The summed E-state index contributed by atoms with van der Waals surface area (Å²) in [5.74, 6) is 0. The molecule has 0 spiro atoms. The SMILES string of the molecule is N#Cc1cccc(NC(=O)Nc2ccc3c(c2)Cc2c-3[nH]c(=O)c3nccn23)c1. The van der Waals surface area contributed by atoms with E-state index in [1.807, 2.05) is 18.2 Å². The minimum Gasteiger partial charge on any atom is -0.317 e. The van der Waals surface area contributed by atoms with Gasteiger partial charge in [-0.2, -0.15) is 5.26 Å². The first-order chi connectivity index (χ1) is 14.1. The van der Waals surface area contributed by atoms with Crippen molar-refractivity contribution >= 4 is 23.1 Å². The molecule has 5 rings (SSSR count). The van der Waals surface area contributed by atoms with Gasteiger partial charge in [-0.05, 0) is 35.9 Å². The number of fused-ring (bicyclic) bond motifs is 5. The highest BCUT2D eigenvalue weighted by Gasteiger charge is 2.23. The van der Waals surface area contributed by atoms with Crippen LogP contribution in [-0.2, 0) is 6.42 Å². The Labute approximate surface area is 164 Å². The zero-order chi connectivity index (χ0) is 20.0. The van der Waals surface area contributed by atoms with E-state index >= 15 is 0 Å². The summed E-state index contributed by atoms with van der Waals surface area (Å²) >= 11 is 0. The number of nitriles is 1. The Bertz CT molecular complexity index is 1390. The van der Waals surface area contributed by atoms with E-state index in [1.54, 1.807) is 47.1 Å². The molecule has 1 aliphatic rings. The van der Waals surface area contributed by atoms with Crippen molar-refractivity contribution in [3.05, 3.63) is 82.0 Å². The Balaban J connectivity index is 1.40. The molecule has 8 heteroatoms. The van der Waals surface area contributed by atoms with Gasteiger partial charge in [0.2, 0.25) is 5.65 Å². The van der Waals surface area contributed by atoms with Crippen molar-refractivity contribution in [3.8, 4) is 17.3 Å². The van der Waals surface area contributed by atoms with E-state index in [2.05, 4.69) is 20.6 Å². The first-order valence-corrected chi connectivity index (χ1v) is 8.92. The zero-order valence-electron chi connectivity index (χ0n) is 15.1. The number of nitrogens with zero attached hydrogens (tertiary/aromatic N) is 3. The first kappa shape index (κ1) is 16.8. The number of anilines is 2. The third-order valence-electron chi connectivity index (χ3n) is 4.90. The van der Waals surface area contributed by atoms with Crippen LogP contribution in [0.2, 0.25) is 0 Å². The lowest BCUT2D eigenvalue weighted by Gasteiger charge is -2.09. The standard InChI is InChI=1S/C21H14N6O2/c22-11-12-2-1-3-14(8-12)24-21(29)25-15-4-5-16-13(9-15)10-17-18(16)26-20(28)19-23-6-7-27(17)19/h1-9H,10H2,(H,26,28)(H2,24,25,29). The van der Waals surface area contributed by atoms with Gasteiger partial charge in [-0.1, -0.05) is 12.1 Å². The maximum atomic E-state index is 12.3. The second-order valence-electron chi connectivity index (χ2n) is 6.72. The molecule has 140 valence electrons. The van der Waals surface area contributed by atoms with Crippen LogP contribution in [-0.4, -0.2) is 20.4 Å². The van der Waals surface area contributed by atoms with Crippen LogP contribution >= 0.6 is 0 Å². The maximum absolute atomic E-state index is 12.3. The van der Waals surface area contributed by atoms with E-state index in [0.717, 1.165) is 22.5 Å². The van der Waals surface area contributed by atoms with Gasteiger partial charge in [-0.25, -0.2) is 9.78 Å². The molecular weight excluding hydrogens is 368 g/mol. The Hall–Kier alpha value is -4.38. The van der Waals surface area contributed by atoms with E-state index in [1.165, 1.54) is 0 Å². The van der Waals surface area contributed by atoms with E-state index in [9.17, 15) is 9.59 Å². The molecule has 8 nitrogen and oxygen atoms in total. The fourth-order valence-electron chi connectivity index (χ4n) is 3.65. The average Bonchev–Trinajstić information content (AvgIpc) is 3.33. The highest BCUT2D eigenvalue weighted by atomic mass is 16.2. The number of amides is 2. The number of benzene rings is 2. The molecule has 2 heterocycles. The van der Waals surface area contributed by atoms with Crippen molar-refractivity contribution in [3.63, 3.8) is 0 Å². The molecule has 0 saturated carbocycles. The fourth-order valence-corrected chi connectivity index (χ4v) is 3.65. The Kier molecular flexibility index (Phi) is 3.67. The molecule has 2 amide bonds. The van der Waals surface area contributed by atoms with Gasteiger partial charge in [0.1, 0.15) is 0 Å². The van der Waals surface area contributed by atoms with E-state index < -0.39 is 6.03 Å². The lowest BCUT2D eigenvalue weighted by atomic mass is 10.1. The smallest absolute Gasteiger partial charge is 0.317 e. The number of H-pyrrole nitrogens is 1. The number of imidazole rings is 1. The van der Waals surface area contributed by atoms with E-state index in [-0.39, 0.29) is 5.56 Å². The zero-order valence-corrected chi connectivity index (χ0v) is 15.1. The average molecular weight is 382 g/mol. The summed E-state index contributed by atoms with van der Waals surface area (Å²) in [6.45, 7) is 0. The lowest BCUT2D eigenvalue weighted by Crippen LogP contribution is -2.19. The van der Waals surface area contributed by atoms with Crippen LogP contribution in [0.25, 0.3) is 16.9 Å². The summed E-state index contributed by atoms with van der Waals surface area (Å²) < 4.78 is 1.80. The van der Waals surface area contributed by atoms with Crippen molar-refractivity contribution in [2.24, 2.45) is 0 Å². The summed E-state index contributed by atoms with van der Waals surface area (Å²) in [6, 6.07) is 13.9. The van der Waals surface area contributed by atoms with Crippen LogP contribution in [0.1, 0.15) is 16.8 Å². The van der Waals surface area contributed by atoms with Gasteiger partial charge in [0.15, 0.2) is 0 Å². The molecule has 0 atom stereocenters. The molecular formula is C21H14N6O2. The lowest BCUT2D eigenvalue weighted by molar-refractivity contribution is 0.262. The van der Waals surface area contributed by atoms with Crippen LogP contribution in [0.3, 0.4) is 0 Å². The molecule has 2 aromatic carbocycles. The van der Waals surface area contributed by atoms with Crippen molar-refractivity contribution < 1.29 is 4.79 Å². The summed E-state index contributed by atoms with van der Waals surface area (Å²) in [6.07, 6.45) is 4.00. The second kappa shape index (κ2) is 6.35. The molecule has 0 aliphatic heterocycles. The molecule has 29 heavy (non-hydrogen) atoms. The number of aromatic amines is 1. The molecule has 2 aromatic heterocycles. The van der Waals surface area contributed by atoms with Crippen molar-refractivity contribution in [2.45, 2.75) is 6.42 Å². The number of carbonyl (C=O) groups excluding carboxylic acids is 1. The minimum atomic E-state index is -0.402. The van der Waals surface area contributed by atoms with Crippen molar-refractivity contribution in [2.75, 3.05) is 10.6 Å². The summed E-state index contributed by atoms with van der Waals surface area (Å²) in [7, 11) is 0. The van der Waals surface area contributed by atoms with Gasteiger partial charge in [0, 0.05) is 35.8 Å². The van der Waals surface area contributed by atoms with Crippen LogP contribution in [0.4, 0.5) is 16.2 Å². The molecule has 0 fully saturated rings. The predicted octanol–water partition coefficient (Wildman–Crippen LogP) is 3.11. The van der Waals surface area contributed by atoms with Gasteiger partial charge in [-0.3, -0.25) is 9.20 Å². The Morgan fingerprint density at radius 2 is 2.00 bits per heavy atom. The number of aromatic nitrogens is 3. The third-order valence-corrected chi connectivity index (χ3v) is 4.90. The molecule has 0 unspecified atom stereocenters. The minimum absolute atomic E-state index is 0.234. The maximum Gasteiger partial charge on any atom is 0.323 e. The topological polar surface area (TPSA) is 115 Å². The van der Waals surface area contributed by atoms with Crippen molar-refractivity contribution in [1.29, 1.82) is 5.26 Å². The van der Waals surface area contributed by atoms with Gasteiger partial charge in [0.05, 0.1) is 23.0 Å². The molecule has 3 N–H and O–H groups in total. The number of rotatable bonds is 2. The summed E-state index contributed by atoms with van der Waals surface area (Å²) in [4.78, 5) is 31.5. The predicted molar refractivity (Wildman–Crippen MR) is 108 cm³/mol. The molecule has 4 aromatic rings. The summed E-state index contributed by atoms with van der Waals surface area (Å²) in [5, 5.41) is 14.5. The van der Waals surface area contributed by atoms with Gasteiger partial charge >= 0.3 is 6.03 Å². The molecule has 0 radical (unpaired) electrons. The number of carbonyl (C=O) groups is 1. The van der Waals surface area contributed by atoms with E-state index in [4.69, 9.17) is 5.26 Å². The fraction of sp³-hybridized carbons (Fsp3) is 0.0476. The van der Waals surface area contributed by atoms with Crippen molar-refractivity contribution in [1.82, 2.24) is 14.4 Å². The Morgan fingerprint density at radius 3 is 2.83 bits per heavy atom. The number of hydrogen-bond donors (Lipinski definition) is 3. The number of urea groups is 1. The van der Waals surface area contributed by atoms with Gasteiger partial charge in [0.25, 0.3) is 5.56 Å². The van der Waals surface area contributed by atoms with Crippen LogP contribution in [0.15, 0.2) is 59.7 Å². The molecule has 0 saturated heterocycles. The quantitative estimate of drug-likeness (QED) is 0.435. The Morgan fingerprint density at radius 1 is 1.17 bits per heavy atom. The molecule has 1 aliphatic carbocycles. The number of nitrogens with one attached hydrogen (secondary N) is 3.